The van der Waals surface area contributed by atoms with E-state index in [0.717, 1.165) is 18.4 Å². The maximum absolute atomic E-state index is 12.6. The number of fused-ring (bicyclic) bond motifs is 2. The lowest BCUT2D eigenvalue weighted by Gasteiger charge is -2.17. The van der Waals surface area contributed by atoms with Crippen molar-refractivity contribution in [2.24, 2.45) is 12.2 Å². The van der Waals surface area contributed by atoms with Crippen LogP contribution in [0.4, 0.5) is 0 Å². The Morgan fingerprint density at radius 3 is 2.81 bits per heavy atom. The Kier molecular flexibility index (Phi) is 3.56. The lowest BCUT2D eigenvalue weighted by atomic mass is 9.89. The van der Waals surface area contributed by atoms with Gasteiger partial charge in [-0.1, -0.05) is 42.8 Å². The van der Waals surface area contributed by atoms with Crippen molar-refractivity contribution < 1.29 is 9.63 Å². The van der Waals surface area contributed by atoms with E-state index in [-0.39, 0.29) is 5.78 Å². The molecular weight excluding hydrogens is 266 g/mol. The van der Waals surface area contributed by atoms with Gasteiger partial charge in [-0.3, -0.25) is 4.79 Å². The average molecular weight is 283 g/mol. The van der Waals surface area contributed by atoms with Crippen LogP contribution in [0.2, 0.25) is 0 Å². The number of aromatic nitrogens is 2. The van der Waals surface area contributed by atoms with Crippen LogP contribution in [-0.4, -0.2) is 27.7 Å². The van der Waals surface area contributed by atoms with Gasteiger partial charge in [0, 0.05) is 18.2 Å². The summed E-state index contributed by atoms with van der Waals surface area (Å²) in [6.45, 7) is 2.67. The third-order valence-corrected chi connectivity index (χ3v) is 3.55. The summed E-state index contributed by atoms with van der Waals surface area (Å²) in [4.78, 5) is 22.3. The Hall–Kier alpha value is -2.43. The van der Waals surface area contributed by atoms with Gasteiger partial charge in [-0.25, -0.2) is 4.98 Å². The highest BCUT2D eigenvalue weighted by Crippen LogP contribution is 2.26. The molecule has 0 spiro atoms. The van der Waals surface area contributed by atoms with Gasteiger partial charge in [0.1, 0.15) is 23.7 Å². The zero-order valence-electron chi connectivity index (χ0n) is 12.2. The molecule has 0 aliphatic heterocycles. The van der Waals surface area contributed by atoms with Crippen LogP contribution in [0.5, 0.6) is 0 Å². The van der Waals surface area contributed by atoms with E-state index in [0.29, 0.717) is 29.3 Å². The van der Waals surface area contributed by atoms with Crippen LogP contribution in [0, 0.1) is 0 Å². The summed E-state index contributed by atoms with van der Waals surface area (Å²) in [6, 6.07) is 7.44. The Labute approximate surface area is 123 Å². The van der Waals surface area contributed by atoms with Crippen molar-refractivity contribution in [2.75, 3.05) is 6.61 Å². The first kappa shape index (κ1) is 13.5. The molecule has 1 aromatic carbocycles. The maximum atomic E-state index is 12.6. The number of oxime groups is 1. The van der Waals surface area contributed by atoms with E-state index in [9.17, 15) is 4.79 Å². The fourth-order valence-electron chi connectivity index (χ4n) is 2.43. The van der Waals surface area contributed by atoms with Crippen LogP contribution in [0.25, 0.3) is 0 Å². The molecule has 108 valence electrons. The molecule has 1 aliphatic rings. The molecule has 2 aromatic rings. The molecule has 5 nitrogen and oxygen atoms in total. The largest absolute Gasteiger partial charge is 0.395 e. The molecular formula is C16H17N3O2. The molecule has 5 heteroatoms. The van der Waals surface area contributed by atoms with E-state index < -0.39 is 0 Å². The number of hydrogen-bond donors (Lipinski definition) is 0. The van der Waals surface area contributed by atoms with Gasteiger partial charge in [0.25, 0.3) is 0 Å². The number of rotatable bonds is 4. The fraction of sp³-hybridized carbons (Fsp3) is 0.312. The molecule has 0 atom stereocenters. The molecule has 3 rings (SSSR count). The summed E-state index contributed by atoms with van der Waals surface area (Å²) in [5, 5.41) is 4.24. The lowest BCUT2D eigenvalue weighted by molar-refractivity contribution is 0.102. The molecule has 0 radical (unpaired) electrons. The van der Waals surface area contributed by atoms with Gasteiger partial charge in [-0.15, -0.1) is 0 Å². The molecule has 0 N–H and O–H groups in total. The molecule has 0 saturated heterocycles. The zero-order valence-corrected chi connectivity index (χ0v) is 12.2. The summed E-state index contributed by atoms with van der Waals surface area (Å²) in [5.41, 5.74) is 3.22. The second-order valence-electron chi connectivity index (χ2n) is 5.05. The predicted molar refractivity (Wildman–Crippen MR) is 79.6 cm³/mol. The van der Waals surface area contributed by atoms with E-state index in [4.69, 9.17) is 4.84 Å². The Morgan fingerprint density at radius 2 is 2.05 bits per heavy atom. The number of hydrogen-bond acceptors (Lipinski definition) is 4. The van der Waals surface area contributed by atoms with Crippen molar-refractivity contribution in [1.82, 2.24) is 9.55 Å². The van der Waals surface area contributed by atoms with Gasteiger partial charge in [0.05, 0.1) is 6.33 Å². The Balaban J connectivity index is 2.08. The molecule has 0 saturated carbocycles. The number of carbonyl (C=O) groups is 1. The molecule has 0 bridgehead atoms. The summed E-state index contributed by atoms with van der Waals surface area (Å²) < 4.78 is 1.73. The number of carbonyl (C=O) groups excluding carboxylic acids is 1. The zero-order chi connectivity index (χ0) is 14.8. The van der Waals surface area contributed by atoms with Crippen molar-refractivity contribution in [3.05, 3.63) is 53.1 Å². The standard InChI is InChI=1S/C16H17N3O2/c1-3-4-9-21-18-13-11-7-5-6-8-12(11)16(20)15-14(13)17-10-19(15)2/h5-8,10H,3-4,9H2,1-2H3/b18-13+. The minimum Gasteiger partial charge on any atom is -0.395 e. The summed E-state index contributed by atoms with van der Waals surface area (Å²) in [7, 11) is 1.81. The van der Waals surface area contributed by atoms with Crippen LogP contribution in [-0.2, 0) is 11.9 Å². The molecule has 1 heterocycles. The van der Waals surface area contributed by atoms with Gasteiger partial charge < -0.3 is 9.40 Å². The quantitative estimate of drug-likeness (QED) is 0.546. The summed E-state index contributed by atoms with van der Waals surface area (Å²) >= 11 is 0. The Morgan fingerprint density at radius 1 is 1.29 bits per heavy atom. The minimum absolute atomic E-state index is 0.0203. The maximum Gasteiger partial charge on any atom is 0.212 e. The fourth-order valence-corrected chi connectivity index (χ4v) is 2.43. The third kappa shape index (κ3) is 2.24. The highest BCUT2D eigenvalue weighted by molar-refractivity contribution is 6.28. The second kappa shape index (κ2) is 5.52. The van der Waals surface area contributed by atoms with Crippen molar-refractivity contribution in [3.63, 3.8) is 0 Å². The van der Waals surface area contributed by atoms with E-state index in [1.165, 1.54) is 0 Å². The van der Waals surface area contributed by atoms with Crippen molar-refractivity contribution >= 4 is 11.5 Å². The number of benzene rings is 1. The van der Waals surface area contributed by atoms with Crippen LogP contribution in [0.15, 0.2) is 35.7 Å². The first-order valence-corrected chi connectivity index (χ1v) is 7.09. The molecule has 0 amide bonds. The van der Waals surface area contributed by atoms with Gasteiger partial charge in [-0.2, -0.15) is 0 Å². The summed E-state index contributed by atoms with van der Waals surface area (Å²) in [6.07, 6.45) is 3.64. The predicted octanol–water partition coefficient (Wildman–Crippen LogP) is 2.53. The molecule has 0 fully saturated rings. The minimum atomic E-state index is -0.0203. The highest BCUT2D eigenvalue weighted by atomic mass is 16.6. The smallest absolute Gasteiger partial charge is 0.212 e. The normalized spacial score (nSPS) is 15.0. The van der Waals surface area contributed by atoms with Crippen molar-refractivity contribution in [3.8, 4) is 0 Å². The SMILES string of the molecule is CCCCO/N=C1\c2ccccc2C(=O)c2c1ncn2C. The van der Waals surface area contributed by atoms with Crippen molar-refractivity contribution in [1.29, 1.82) is 0 Å². The molecule has 1 aliphatic carbocycles. The van der Waals surface area contributed by atoms with E-state index in [2.05, 4.69) is 17.1 Å². The lowest BCUT2D eigenvalue weighted by Crippen LogP contribution is -2.23. The number of imidazole rings is 1. The first-order valence-electron chi connectivity index (χ1n) is 7.09. The van der Waals surface area contributed by atoms with Crippen LogP contribution < -0.4 is 0 Å². The van der Waals surface area contributed by atoms with E-state index >= 15 is 0 Å². The number of ketones is 1. The van der Waals surface area contributed by atoms with Crippen molar-refractivity contribution in [2.45, 2.75) is 19.8 Å². The van der Waals surface area contributed by atoms with Crippen LogP contribution >= 0.6 is 0 Å². The number of aryl methyl sites for hydroxylation is 1. The van der Waals surface area contributed by atoms with E-state index in [1.54, 1.807) is 10.9 Å². The van der Waals surface area contributed by atoms with Crippen LogP contribution in [0.1, 0.15) is 47.1 Å². The van der Waals surface area contributed by atoms with Crippen LogP contribution in [0.3, 0.4) is 0 Å². The second-order valence-corrected chi connectivity index (χ2v) is 5.05. The monoisotopic (exact) mass is 283 g/mol. The Bertz CT molecular complexity index is 716. The van der Waals surface area contributed by atoms with E-state index in [1.807, 2.05) is 31.3 Å². The van der Waals surface area contributed by atoms with Gasteiger partial charge >= 0.3 is 0 Å². The van der Waals surface area contributed by atoms with Gasteiger partial charge in [0.2, 0.25) is 5.78 Å². The average Bonchev–Trinajstić information content (AvgIpc) is 2.89. The number of unbranched alkanes of at least 4 members (excludes halogenated alkanes) is 1. The van der Waals surface area contributed by atoms with Gasteiger partial charge in [0.15, 0.2) is 0 Å². The number of nitrogens with zero attached hydrogens (tertiary/aromatic N) is 3. The summed E-state index contributed by atoms with van der Waals surface area (Å²) in [5.74, 6) is -0.0203. The topological polar surface area (TPSA) is 56.5 Å². The molecule has 1 aromatic heterocycles. The first-order chi connectivity index (χ1) is 10.2. The molecule has 0 unspecified atom stereocenters. The third-order valence-electron chi connectivity index (χ3n) is 3.55. The highest BCUT2D eigenvalue weighted by Gasteiger charge is 2.32. The molecule has 21 heavy (non-hydrogen) atoms. The van der Waals surface area contributed by atoms with Gasteiger partial charge in [-0.05, 0) is 6.42 Å².